The minimum absolute atomic E-state index is 0.191. The molecule has 0 aliphatic carbocycles. The molecule has 1 aliphatic heterocycles. The molecule has 0 radical (unpaired) electrons. The number of aromatic nitrogens is 1. The van der Waals surface area contributed by atoms with Crippen LogP contribution in [0.3, 0.4) is 0 Å². The van der Waals surface area contributed by atoms with Gasteiger partial charge >= 0.3 is 0 Å². The molecule has 0 amide bonds. The highest BCUT2D eigenvalue weighted by Crippen LogP contribution is 2.38. The summed E-state index contributed by atoms with van der Waals surface area (Å²) < 4.78 is 0. The molecule has 0 saturated heterocycles. The zero-order valence-corrected chi connectivity index (χ0v) is 15.8. The van der Waals surface area contributed by atoms with Crippen molar-refractivity contribution < 1.29 is 0 Å². The average molecular weight is 366 g/mol. The van der Waals surface area contributed by atoms with Gasteiger partial charge in [-0.25, -0.2) is 9.99 Å². The summed E-state index contributed by atoms with van der Waals surface area (Å²) in [7, 11) is 0. The van der Waals surface area contributed by atoms with E-state index in [4.69, 9.17) is 5.10 Å². The van der Waals surface area contributed by atoms with Crippen LogP contribution in [0, 0.1) is 6.92 Å². The Kier molecular flexibility index (Phi) is 4.59. The van der Waals surface area contributed by atoms with Crippen molar-refractivity contribution in [2.24, 2.45) is 5.10 Å². The Bertz CT molecular complexity index is 885. The highest BCUT2D eigenvalue weighted by atomic mass is 32.2. The van der Waals surface area contributed by atoms with Gasteiger partial charge in [0.15, 0.2) is 0 Å². The maximum Gasteiger partial charge on any atom is 0.206 e. The molecule has 2 heterocycles. The Morgan fingerprint density at radius 1 is 1.08 bits per heavy atom. The number of hydrogen-bond acceptors (Lipinski definition) is 5. The molecule has 0 spiro atoms. The summed E-state index contributed by atoms with van der Waals surface area (Å²) in [5, 5.41) is 10.1. The Hall–Kier alpha value is -2.11. The van der Waals surface area contributed by atoms with Crippen molar-refractivity contribution in [2.75, 3.05) is 11.3 Å². The number of hydrogen-bond donors (Lipinski definition) is 0. The second-order valence-corrected chi connectivity index (χ2v) is 7.74. The number of anilines is 1. The van der Waals surface area contributed by atoms with Gasteiger partial charge in [0.05, 0.1) is 17.4 Å². The van der Waals surface area contributed by atoms with Crippen LogP contribution >= 0.6 is 23.1 Å². The molecule has 0 saturated carbocycles. The minimum atomic E-state index is 0.191. The third kappa shape index (κ3) is 3.34. The third-order valence-corrected chi connectivity index (χ3v) is 6.01. The lowest BCUT2D eigenvalue weighted by Gasteiger charge is -2.21. The molecular formula is C20H19N3S2. The summed E-state index contributed by atoms with van der Waals surface area (Å²) in [6.45, 7) is 2.03. The van der Waals surface area contributed by atoms with E-state index in [0.29, 0.717) is 0 Å². The van der Waals surface area contributed by atoms with E-state index < -0.39 is 0 Å². The molecule has 25 heavy (non-hydrogen) atoms. The van der Waals surface area contributed by atoms with Crippen LogP contribution in [0.4, 0.5) is 5.13 Å². The monoisotopic (exact) mass is 365 g/mol. The number of nitrogens with zero attached hydrogens (tertiary/aromatic N) is 3. The number of aryl methyl sites for hydroxylation is 1. The molecule has 2 aromatic carbocycles. The van der Waals surface area contributed by atoms with Crippen LogP contribution in [0.15, 0.2) is 70.0 Å². The van der Waals surface area contributed by atoms with Gasteiger partial charge < -0.3 is 0 Å². The largest absolute Gasteiger partial charge is 0.231 e. The lowest BCUT2D eigenvalue weighted by molar-refractivity contribution is 0.705. The normalized spacial score (nSPS) is 17.0. The smallest absolute Gasteiger partial charge is 0.206 e. The van der Waals surface area contributed by atoms with Gasteiger partial charge in [0.25, 0.3) is 0 Å². The fourth-order valence-corrected chi connectivity index (χ4v) is 4.23. The van der Waals surface area contributed by atoms with E-state index in [1.807, 2.05) is 13.0 Å². The fraction of sp³-hybridized carbons (Fsp3) is 0.200. The van der Waals surface area contributed by atoms with Crippen molar-refractivity contribution in [3.05, 3.63) is 76.8 Å². The van der Waals surface area contributed by atoms with Crippen LogP contribution in [0.1, 0.15) is 29.3 Å². The summed E-state index contributed by atoms with van der Waals surface area (Å²) in [5.41, 5.74) is 4.62. The van der Waals surface area contributed by atoms with E-state index in [2.05, 4.69) is 70.2 Å². The Labute approximate surface area is 156 Å². The Balaban J connectivity index is 1.72. The maximum absolute atomic E-state index is 4.93. The molecule has 1 aliphatic rings. The zero-order chi connectivity index (χ0) is 17.2. The third-order valence-electron chi connectivity index (χ3n) is 4.32. The molecular weight excluding hydrogens is 346 g/mol. The molecule has 0 N–H and O–H groups in total. The van der Waals surface area contributed by atoms with Crippen molar-refractivity contribution in [1.82, 2.24) is 4.98 Å². The van der Waals surface area contributed by atoms with Crippen LogP contribution in [0.2, 0.25) is 0 Å². The van der Waals surface area contributed by atoms with Crippen LogP contribution in [0.25, 0.3) is 0 Å². The van der Waals surface area contributed by atoms with Gasteiger partial charge in [-0.05, 0) is 36.4 Å². The lowest BCUT2D eigenvalue weighted by atomic mass is 9.99. The predicted molar refractivity (Wildman–Crippen MR) is 108 cm³/mol. The molecule has 4 rings (SSSR count). The van der Waals surface area contributed by atoms with Gasteiger partial charge in [-0.3, -0.25) is 0 Å². The number of hydrazone groups is 1. The molecule has 1 aromatic heterocycles. The average Bonchev–Trinajstić information content (AvgIpc) is 3.29. The van der Waals surface area contributed by atoms with E-state index in [9.17, 15) is 0 Å². The highest BCUT2D eigenvalue weighted by molar-refractivity contribution is 7.98. The van der Waals surface area contributed by atoms with Gasteiger partial charge in [0.1, 0.15) is 0 Å². The summed E-state index contributed by atoms with van der Waals surface area (Å²) in [4.78, 5) is 5.94. The van der Waals surface area contributed by atoms with E-state index >= 15 is 0 Å². The van der Waals surface area contributed by atoms with Crippen LogP contribution in [0.5, 0.6) is 0 Å². The molecule has 126 valence electrons. The molecule has 3 nitrogen and oxygen atoms in total. The van der Waals surface area contributed by atoms with E-state index in [1.165, 1.54) is 16.0 Å². The van der Waals surface area contributed by atoms with Crippen LogP contribution < -0.4 is 5.01 Å². The quantitative estimate of drug-likeness (QED) is 0.569. The highest BCUT2D eigenvalue weighted by Gasteiger charge is 2.31. The first-order valence-corrected chi connectivity index (χ1v) is 10.3. The number of benzene rings is 2. The van der Waals surface area contributed by atoms with Crippen molar-refractivity contribution >= 4 is 33.9 Å². The van der Waals surface area contributed by atoms with E-state index in [-0.39, 0.29) is 6.04 Å². The molecule has 3 aromatic rings. The minimum Gasteiger partial charge on any atom is -0.231 e. The predicted octanol–water partition coefficient (Wildman–Crippen LogP) is 5.53. The van der Waals surface area contributed by atoms with Gasteiger partial charge in [-0.2, -0.15) is 5.10 Å². The SMILES string of the molecule is CSc1ccc([C@H]2CC(c3ccccc3)=NN2c2nc(C)cs2)cc1. The topological polar surface area (TPSA) is 28.5 Å². The molecule has 1 atom stereocenters. The van der Waals surface area contributed by atoms with Gasteiger partial charge in [-0.1, -0.05) is 42.5 Å². The van der Waals surface area contributed by atoms with Crippen molar-refractivity contribution in [1.29, 1.82) is 0 Å². The number of thioether (sulfide) groups is 1. The van der Waals surface area contributed by atoms with Crippen molar-refractivity contribution in [3.8, 4) is 0 Å². The van der Waals surface area contributed by atoms with Gasteiger partial charge in [0, 0.05) is 16.7 Å². The fourth-order valence-electron chi connectivity index (χ4n) is 3.02. The van der Waals surface area contributed by atoms with Gasteiger partial charge in [-0.15, -0.1) is 23.1 Å². The summed E-state index contributed by atoms with van der Waals surface area (Å²) >= 11 is 3.42. The molecule has 5 heteroatoms. The van der Waals surface area contributed by atoms with Crippen LogP contribution in [-0.4, -0.2) is 17.0 Å². The van der Waals surface area contributed by atoms with Crippen LogP contribution in [-0.2, 0) is 0 Å². The summed E-state index contributed by atoms with van der Waals surface area (Å²) in [6, 6.07) is 19.4. The van der Waals surface area contributed by atoms with Crippen molar-refractivity contribution in [2.45, 2.75) is 24.3 Å². The zero-order valence-electron chi connectivity index (χ0n) is 14.2. The van der Waals surface area contributed by atoms with E-state index in [1.54, 1.807) is 23.1 Å². The van der Waals surface area contributed by atoms with Crippen molar-refractivity contribution in [3.63, 3.8) is 0 Å². The first kappa shape index (κ1) is 16.4. The number of rotatable bonds is 4. The summed E-state index contributed by atoms with van der Waals surface area (Å²) in [5.74, 6) is 0. The Morgan fingerprint density at radius 2 is 1.84 bits per heavy atom. The summed E-state index contributed by atoms with van der Waals surface area (Å²) in [6.07, 6.45) is 2.99. The Morgan fingerprint density at radius 3 is 2.48 bits per heavy atom. The second-order valence-electron chi connectivity index (χ2n) is 6.02. The molecule has 0 unspecified atom stereocenters. The molecule has 0 fully saturated rings. The lowest BCUT2D eigenvalue weighted by Crippen LogP contribution is -2.18. The second kappa shape index (κ2) is 7.02. The van der Waals surface area contributed by atoms with Gasteiger partial charge in [0.2, 0.25) is 5.13 Å². The first-order chi connectivity index (χ1) is 12.2. The maximum atomic E-state index is 4.93. The van der Waals surface area contributed by atoms with E-state index in [0.717, 1.165) is 23.0 Å². The molecule has 0 bridgehead atoms. The first-order valence-electron chi connectivity index (χ1n) is 8.23. The number of thiazole rings is 1. The standard InChI is InChI=1S/C20H19N3S2/c1-14-13-25-20(21-14)23-19(16-8-10-17(24-2)11-9-16)12-18(22-23)15-6-4-3-5-7-15/h3-11,13,19H,12H2,1-2H3/t19-/m1/s1.